The zero-order valence-electron chi connectivity index (χ0n) is 18.5. The zero-order chi connectivity index (χ0) is 24.0. The van der Waals surface area contributed by atoms with Crippen molar-refractivity contribution in [1.82, 2.24) is 9.29 Å². The third kappa shape index (κ3) is 3.55. The standard InChI is InChI=1S/C24H25FN4O3S/c1-5-12-32-17-7-9-20(27-15-17)21(30)14-16-6-8-19(25)18(13-16)23(2)24(10-11-24)33(4,31)29(3)22(26)28-23/h1,6-9,13,15H,4,10-12,14H2,2-3H3,(H2,26,28)/t23-,33?/m1/s1. The van der Waals surface area contributed by atoms with Crippen LogP contribution >= 0.6 is 0 Å². The molecule has 0 saturated heterocycles. The van der Waals surface area contributed by atoms with E-state index in [0.29, 0.717) is 24.2 Å². The number of guanidine groups is 1. The van der Waals surface area contributed by atoms with Crippen LogP contribution in [0.15, 0.2) is 41.5 Å². The molecule has 2 heterocycles. The second-order valence-electron chi connectivity index (χ2n) is 8.46. The molecule has 7 nitrogen and oxygen atoms in total. The number of hydrogen-bond donors (Lipinski definition) is 1. The minimum absolute atomic E-state index is 0.00671. The third-order valence-electron chi connectivity index (χ3n) is 6.57. The van der Waals surface area contributed by atoms with Crippen LogP contribution in [0.4, 0.5) is 4.39 Å². The molecule has 0 amide bonds. The lowest BCUT2D eigenvalue weighted by molar-refractivity contribution is 0.0988. The fraction of sp³-hybridized carbons (Fsp3) is 0.333. The molecule has 1 aliphatic heterocycles. The number of hydrogen-bond acceptors (Lipinski definition) is 6. The van der Waals surface area contributed by atoms with Gasteiger partial charge in [-0.05, 0) is 55.5 Å². The molecule has 2 N–H and O–H groups in total. The molecule has 33 heavy (non-hydrogen) atoms. The van der Waals surface area contributed by atoms with Crippen LogP contribution in [-0.2, 0) is 21.7 Å². The number of rotatable bonds is 6. The van der Waals surface area contributed by atoms with Gasteiger partial charge in [0, 0.05) is 19.0 Å². The Hall–Kier alpha value is -3.38. The van der Waals surface area contributed by atoms with E-state index in [-0.39, 0.29) is 36.0 Å². The molecule has 9 heteroatoms. The number of aromatic nitrogens is 1. The highest BCUT2D eigenvalue weighted by atomic mass is 32.2. The molecule has 1 aliphatic carbocycles. The number of aliphatic imine (C=N–C) groups is 1. The number of ether oxygens (including phenoxy) is 1. The number of carbonyl (C=O) groups is 1. The molecule has 1 unspecified atom stereocenters. The molecule has 2 atom stereocenters. The minimum Gasteiger partial charge on any atom is -0.479 e. The van der Waals surface area contributed by atoms with Crippen molar-refractivity contribution < 1.29 is 18.1 Å². The fourth-order valence-electron chi connectivity index (χ4n) is 4.44. The van der Waals surface area contributed by atoms with Gasteiger partial charge in [-0.25, -0.2) is 18.6 Å². The van der Waals surface area contributed by atoms with Crippen molar-refractivity contribution in [1.29, 1.82) is 0 Å². The number of nitrogens with two attached hydrogens (primary N) is 1. The van der Waals surface area contributed by atoms with Crippen LogP contribution in [0.3, 0.4) is 0 Å². The van der Waals surface area contributed by atoms with Crippen molar-refractivity contribution >= 4 is 27.3 Å². The maximum atomic E-state index is 15.1. The van der Waals surface area contributed by atoms with E-state index in [4.69, 9.17) is 16.9 Å². The number of ketones is 1. The minimum atomic E-state index is -2.83. The van der Waals surface area contributed by atoms with Gasteiger partial charge in [0.15, 0.2) is 5.78 Å². The van der Waals surface area contributed by atoms with E-state index in [9.17, 15) is 9.00 Å². The molecular weight excluding hydrogens is 443 g/mol. The average Bonchev–Trinajstić information content (AvgIpc) is 3.61. The molecule has 1 fully saturated rings. The summed E-state index contributed by atoms with van der Waals surface area (Å²) in [5.74, 6) is 6.08. The highest BCUT2D eigenvalue weighted by Crippen LogP contribution is 2.60. The molecule has 2 aliphatic rings. The summed E-state index contributed by atoms with van der Waals surface area (Å²) >= 11 is 0. The van der Waals surface area contributed by atoms with Gasteiger partial charge in [0.1, 0.15) is 29.4 Å². The summed E-state index contributed by atoms with van der Waals surface area (Å²) in [6, 6.07) is 7.63. The van der Waals surface area contributed by atoms with Gasteiger partial charge in [-0.15, -0.1) is 6.42 Å². The van der Waals surface area contributed by atoms with Gasteiger partial charge >= 0.3 is 0 Å². The fourth-order valence-corrected chi connectivity index (χ4v) is 6.82. The van der Waals surface area contributed by atoms with Crippen LogP contribution in [0, 0.1) is 18.2 Å². The van der Waals surface area contributed by atoms with E-state index in [1.165, 1.54) is 16.6 Å². The smallest absolute Gasteiger partial charge is 0.203 e. The number of carbonyl (C=O) groups excluding carboxylic acids is 1. The van der Waals surface area contributed by atoms with Gasteiger partial charge in [0.2, 0.25) is 5.96 Å². The first-order valence-corrected chi connectivity index (χ1v) is 12.0. The van der Waals surface area contributed by atoms with Gasteiger partial charge in [0.25, 0.3) is 0 Å². The molecule has 0 radical (unpaired) electrons. The van der Waals surface area contributed by atoms with Crippen molar-refractivity contribution in [2.75, 3.05) is 13.7 Å². The van der Waals surface area contributed by atoms with Crippen LogP contribution in [0.1, 0.15) is 41.4 Å². The first kappa shape index (κ1) is 22.8. The van der Waals surface area contributed by atoms with Gasteiger partial charge < -0.3 is 10.5 Å². The molecule has 1 aromatic heterocycles. The maximum absolute atomic E-state index is 15.1. The van der Waals surface area contributed by atoms with E-state index in [1.54, 1.807) is 38.2 Å². The van der Waals surface area contributed by atoms with Gasteiger partial charge in [0.05, 0.1) is 20.7 Å². The number of halogens is 1. The predicted molar refractivity (Wildman–Crippen MR) is 127 cm³/mol. The Balaban J connectivity index is 1.65. The number of benzene rings is 1. The lowest BCUT2D eigenvalue weighted by atomic mass is 9.85. The number of nitrogens with zero attached hydrogens (tertiary/aromatic N) is 3. The van der Waals surface area contributed by atoms with Crippen molar-refractivity contribution in [3.05, 3.63) is 59.2 Å². The normalized spacial score (nSPS) is 25.3. The Morgan fingerprint density at radius 2 is 2.12 bits per heavy atom. The summed E-state index contributed by atoms with van der Waals surface area (Å²) in [5.41, 5.74) is 5.98. The van der Waals surface area contributed by atoms with Crippen LogP contribution in [0.25, 0.3) is 0 Å². The lowest BCUT2D eigenvalue weighted by Crippen LogP contribution is -2.58. The summed E-state index contributed by atoms with van der Waals surface area (Å²) in [7, 11) is -1.24. The summed E-state index contributed by atoms with van der Waals surface area (Å²) in [6.45, 7) is 1.85. The van der Waals surface area contributed by atoms with Gasteiger partial charge in [-0.2, -0.15) is 0 Å². The van der Waals surface area contributed by atoms with Crippen LogP contribution < -0.4 is 10.5 Å². The summed E-state index contributed by atoms with van der Waals surface area (Å²) in [5, 5.41) is 0. The largest absolute Gasteiger partial charge is 0.479 e. The van der Waals surface area contributed by atoms with E-state index < -0.39 is 25.8 Å². The monoisotopic (exact) mass is 468 g/mol. The molecule has 1 spiro atoms. The molecule has 172 valence electrons. The molecular formula is C24H25FN4O3S. The third-order valence-corrected chi connectivity index (χ3v) is 9.67. The highest BCUT2D eigenvalue weighted by Gasteiger charge is 2.67. The van der Waals surface area contributed by atoms with Crippen LogP contribution in [0.2, 0.25) is 0 Å². The topological polar surface area (TPSA) is 97.9 Å². The van der Waals surface area contributed by atoms with Crippen LogP contribution in [0.5, 0.6) is 5.75 Å². The highest BCUT2D eigenvalue weighted by molar-refractivity contribution is 8.00. The van der Waals surface area contributed by atoms with E-state index in [0.717, 1.165) is 0 Å². The molecule has 2 aromatic rings. The Labute approximate surface area is 193 Å². The Morgan fingerprint density at radius 1 is 1.39 bits per heavy atom. The Kier molecular flexibility index (Phi) is 5.45. The number of terminal acetylenes is 1. The first-order valence-electron chi connectivity index (χ1n) is 10.4. The maximum Gasteiger partial charge on any atom is 0.203 e. The van der Waals surface area contributed by atoms with E-state index in [1.807, 2.05) is 0 Å². The second kappa shape index (κ2) is 7.89. The number of pyridine rings is 1. The molecule has 1 aromatic carbocycles. The van der Waals surface area contributed by atoms with E-state index >= 15 is 4.39 Å². The molecule has 4 rings (SSSR count). The summed E-state index contributed by atoms with van der Waals surface area (Å²) in [4.78, 5) is 21.5. The van der Waals surface area contributed by atoms with Crippen molar-refractivity contribution in [3.8, 4) is 18.1 Å². The van der Waals surface area contributed by atoms with Gasteiger partial charge in [-0.1, -0.05) is 12.0 Å². The predicted octanol–water partition coefficient (Wildman–Crippen LogP) is 2.30. The van der Waals surface area contributed by atoms with Crippen molar-refractivity contribution in [3.63, 3.8) is 0 Å². The Morgan fingerprint density at radius 3 is 2.73 bits per heavy atom. The SMILES string of the molecule is C#CCOc1ccc(C(=O)Cc2ccc(F)c([C@@]3(C)N=C(N)N(C)S(=C)(=O)C34CC4)c2)nc1. The van der Waals surface area contributed by atoms with Gasteiger partial charge in [-0.3, -0.25) is 9.10 Å². The molecule has 0 bridgehead atoms. The first-order chi connectivity index (χ1) is 15.6. The van der Waals surface area contributed by atoms with Crippen LogP contribution in [-0.4, -0.2) is 49.5 Å². The number of Topliss-reactive ketones (excluding diaryl/α,β-unsaturated/α-hetero) is 1. The van der Waals surface area contributed by atoms with Crippen molar-refractivity contribution in [2.24, 2.45) is 10.7 Å². The molecule has 1 saturated carbocycles. The summed E-state index contributed by atoms with van der Waals surface area (Å²) in [6.07, 6.45) is 7.78. The second-order valence-corrected chi connectivity index (χ2v) is 11.1. The summed E-state index contributed by atoms with van der Waals surface area (Å²) < 4.78 is 34.5. The Bertz CT molecular complexity index is 1290. The zero-order valence-corrected chi connectivity index (χ0v) is 19.3. The quantitative estimate of drug-likeness (QED) is 0.399. The van der Waals surface area contributed by atoms with E-state index in [2.05, 4.69) is 21.8 Å². The average molecular weight is 469 g/mol. The van der Waals surface area contributed by atoms with Crippen molar-refractivity contribution in [2.45, 2.75) is 36.5 Å². The lowest BCUT2D eigenvalue weighted by Gasteiger charge is -2.45.